The van der Waals surface area contributed by atoms with Crippen molar-refractivity contribution in [2.24, 2.45) is 0 Å². The van der Waals surface area contributed by atoms with Gasteiger partial charge in [0.25, 0.3) is 0 Å². The van der Waals surface area contributed by atoms with Crippen LogP contribution in [0.25, 0.3) is 49.9 Å². The van der Waals surface area contributed by atoms with Gasteiger partial charge in [0.15, 0.2) is 0 Å². The van der Waals surface area contributed by atoms with Crippen LogP contribution in [0.1, 0.15) is 0 Å². The maximum atomic E-state index is 6.14. The molecule has 25 heavy (non-hydrogen) atoms. The first kappa shape index (κ1) is 13.1. The maximum absolute atomic E-state index is 6.14. The van der Waals surface area contributed by atoms with Gasteiger partial charge < -0.3 is 4.42 Å². The second-order valence-corrected chi connectivity index (χ2v) is 6.86. The van der Waals surface area contributed by atoms with Gasteiger partial charge >= 0.3 is 0 Å². The van der Waals surface area contributed by atoms with E-state index in [1.54, 1.807) is 11.5 Å². The van der Waals surface area contributed by atoms with Crippen LogP contribution in [0.2, 0.25) is 0 Å². The predicted molar refractivity (Wildman–Crippen MR) is 101 cm³/mol. The number of hydrogen-bond acceptors (Lipinski definition) is 4. The number of imidazole rings is 1. The predicted octanol–water partition coefficient (Wildman–Crippen LogP) is 5.51. The number of rotatable bonds is 1. The van der Waals surface area contributed by atoms with Crippen molar-refractivity contribution in [3.05, 3.63) is 66.2 Å². The molecule has 0 saturated carbocycles. The molecule has 4 aromatic heterocycles. The van der Waals surface area contributed by atoms with E-state index in [-0.39, 0.29) is 0 Å². The lowest BCUT2D eigenvalue weighted by Gasteiger charge is -2.02. The van der Waals surface area contributed by atoms with E-state index in [4.69, 9.17) is 4.42 Å². The molecular weight excluding hydrogens is 330 g/mol. The fourth-order valence-electron chi connectivity index (χ4n) is 3.44. The third-order valence-corrected chi connectivity index (χ3v) is 5.44. The van der Waals surface area contributed by atoms with Crippen molar-refractivity contribution in [3.63, 3.8) is 0 Å². The number of hydrogen-bond donors (Lipinski definition) is 0. The van der Waals surface area contributed by atoms with Crippen molar-refractivity contribution in [1.29, 1.82) is 0 Å². The van der Waals surface area contributed by atoms with Gasteiger partial charge in [-0.1, -0.05) is 41.9 Å². The Kier molecular flexibility index (Phi) is 2.46. The van der Waals surface area contributed by atoms with Crippen LogP contribution in [0, 0.1) is 0 Å². The molecule has 6 aromatic rings. The minimum Gasteiger partial charge on any atom is -0.455 e. The first-order valence-electron chi connectivity index (χ1n) is 8.01. The molecule has 6 rings (SSSR count). The summed E-state index contributed by atoms with van der Waals surface area (Å²) in [5, 5.41) is 4.29. The Labute approximate surface area is 146 Å². The van der Waals surface area contributed by atoms with Gasteiger partial charge in [-0.05, 0) is 24.3 Å². The first-order chi connectivity index (χ1) is 12.4. The highest BCUT2D eigenvalue weighted by Gasteiger charge is 2.14. The molecule has 0 amide bonds. The van der Waals surface area contributed by atoms with Gasteiger partial charge in [-0.3, -0.25) is 4.98 Å². The Balaban J connectivity index is 1.69. The molecule has 0 spiro atoms. The summed E-state index contributed by atoms with van der Waals surface area (Å²) in [6, 6.07) is 18.4. The molecule has 118 valence electrons. The third kappa shape index (κ3) is 1.76. The number of furan rings is 1. The molecule has 5 heteroatoms. The molecule has 2 aromatic carbocycles. The summed E-state index contributed by atoms with van der Waals surface area (Å²) in [4.78, 5) is 9.24. The van der Waals surface area contributed by atoms with E-state index in [9.17, 15) is 0 Å². The van der Waals surface area contributed by atoms with Crippen LogP contribution < -0.4 is 0 Å². The molecule has 4 nitrogen and oxygen atoms in total. The minimum atomic E-state index is 0.877. The van der Waals surface area contributed by atoms with Crippen LogP contribution >= 0.6 is 11.5 Å². The van der Waals surface area contributed by atoms with Crippen LogP contribution in [-0.2, 0) is 0 Å². The number of benzene rings is 2. The highest BCUT2D eigenvalue weighted by molar-refractivity contribution is 7.05. The van der Waals surface area contributed by atoms with E-state index in [0.717, 1.165) is 49.9 Å². The van der Waals surface area contributed by atoms with Crippen molar-refractivity contribution in [2.45, 2.75) is 0 Å². The van der Waals surface area contributed by atoms with Crippen LogP contribution in [0.5, 0.6) is 0 Å². The smallest absolute Gasteiger partial charge is 0.148 e. The van der Waals surface area contributed by atoms with E-state index in [1.807, 2.05) is 35.8 Å². The molecule has 0 atom stereocenters. The average molecular weight is 341 g/mol. The van der Waals surface area contributed by atoms with Crippen LogP contribution in [-0.4, -0.2) is 13.8 Å². The fraction of sp³-hybridized carbons (Fsp3) is 0. The van der Waals surface area contributed by atoms with Gasteiger partial charge in [0, 0.05) is 21.7 Å². The van der Waals surface area contributed by atoms with Crippen molar-refractivity contribution in [3.8, 4) is 11.3 Å². The van der Waals surface area contributed by atoms with E-state index in [1.165, 1.54) is 0 Å². The number of aromatic nitrogens is 3. The quantitative estimate of drug-likeness (QED) is 0.396. The molecule has 0 aliphatic carbocycles. The fourth-order valence-corrected chi connectivity index (χ4v) is 4.22. The summed E-state index contributed by atoms with van der Waals surface area (Å²) >= 11 is 1.64. The highest BCUT2D eigenvalue weighted by Crippen LogP contribution is 2.35. The number of fused-ring (bicyclic) bond motifs is 6. The van der Waals surface area contributed by atoms with E-state index in [2.05, 4.69) is 44.1 Å². The lowest BCUT2D eigenvalue weighted by Crippen LogP contribution is -1.85. The van der Waals surface area contributed by atoms with Gasteiger partial charge in [0.1, 0.15) is 22.3 Å². The highest BCUT2D eigenvalue weighted by atomic mass is 32.1. The standard InChI is InChI=1S/C20H11N3OS/c1-2-7-18-12(4-1)13-5-3-6-14(20(13)24-18)15-10-17-16(11-21-15)22-19-8-9-25-23(17)19/h1-11H. The molecule has 0 saturated heterocycles. The zero-order valence-electron chi connectivity index (χ0n) is 13.0. The van der Waals surface area contributed by atoms with Gasteiger partial charge in [0.2, 0.25) is 0 Å². The van der Waals surface area contributed by atoms with Gasteiger partial charge in [-0.25, -0.2) is 8.77 Å². The lowest BCUT2D eigenvalue weighted by atomic mass is 10.1. The summed E-state index contributed by atoms with van der Waals surface area (Å²) in [5.74, 6) is 0. The molecule has 0 unspecified atom stereocenters. The Morgan fingerprint density at radius 3 is 2.88 bits per heavy atom. The lowest BCUT2D eigenvalue weighted by molar-refractivity contribution is 0.670. The Hall–Kier alpha value is -3.18. The Morgan fingerprint density at radius 2 is 1.88 bits per heavy atom. The van der Waals surface area contributed by atoms with Gasteiger partial charge in [-0.2, -0.15) is 0 Å². The van der Waals surface area contributed by atoms with E-state index >= 15 is 0 Å². The summed E-state index contributed by atoms with van der Waals surface area (Å²) in [5.41, 5.74) is 6.62. The number of nitrogens with zero attached hydrogens (tertiary/aromatic N) is 3. The van der Waals surface area contributed by atoms with Crippen LogP contribution in [0.4, 0.5) is 0 Å². The van der Waals surface area contributed by atoms with Crippen molar-refractivity contribution < 1.29 is 4.42 Å². The molecule has 0 fully saturated rings. The largest absolute Gasteiger partial charge is 0.455 e. The van der Waals surface area contributed by atoms with E-state index < -0.39 is 0 Å². The first-order valence-corrected chi connectivity index (χ1v) is 8.85. The summed E-state index contributed by atoms with van der Waals surface area (Å²) in [7, 11) is 0. The Morgan fingerprint density at radius 1 is 0.960 bits per heavy atom. The molecule has 4 heterocycles. The van der Waals surface area contributed by atoms with Crippen LogP contribution in [0.15, 0.2) is 70.6 Å². The monoisotopic (exact) mass is 341 g/mol. The minimum absolute atomic E-state index is 0.877. The molecule has 0 N–H and O–H groups in total. The number of para-hydroxylation sites is 2. The van der Waals surface area contributed by atoms with Crippen molar-refractivity contribution in [1.82, 2.24) is 13.8 Å². The average Bonchev–Trinajstić information content (AvgIpc) is 3.33. The topological polar surface area (TPSA) is 43.3 Å². The molecule has 0 radical (unpaired) electrons. The van der Waals surface area contributed by atoms with Crippen molar-refractivity contribution >= 4 is 50.2 Å². The van der Waals surface area contributed by atoms with Crippen molar-refractivity contribution in [2.75, 3.05) is 0 Å². The zero-order valence-corrected chi connectivity index (χ0v) is 13.8. The second-order valence-electron chi connectivity index (χ2n) is 6.01. The molecule has 0 bridgehead atoms. The Bertz CT molecular complexity index is 1410. The third-order valence-electron chi connectivity index (χ3n) is 4.59. The SMILES string of the molecule is c1ccc2c(c1)oc1c(-c3cc4c(cn3)nc3ccsn34)cccc12. The summed E-state index contributed by atoms with van der Waals surface area (Å²) < 4.78 is 8.27. The second kappa shape index (κ2) is 4.68. The molecule has 0 aliphatic heterocycles. The van der Waals surface area contributed by atoms with Gasteiger partial charge in [-0.15, -0.1) is 0 Å². The summed E-state index contributed by atoms with van der Waals surface area (Å²) in [6.45, 7) is 0. The van der Waals surface area contributed by atoms with E-state index in [0.29, 0.717) is 0 Å². The van der Waals surface area contributed by atoms with Crippen LogP contribution in [0.3, 0.4) is 0 Å². The molecule has 0 aliphatic rings. The summed E-state index contributed by atoms with van der Waals surface area (Å²) in [6.07, 6.45) is 1.84. The normalized spacial score (nSPS) is 12.0. The number of pyridine rings is 1. The zero-order chi connectivity index (χ0) is 16.4. The maximum Gasteiger partial charge on any atom is 0.148 e. The van der Waals surface area contributed by atoms with Gasteiger partial charge in [0.05, 0.1) is 17.4 Å². The molecular formula is C20H11N3OS.